The summed E-state index contributed by atoms with van der Waals surface area (Å²) in [6.07, 6.45) is 6.20. The molecule has 6 heteroatoms. The van der Waals surface area contributed by atoms with Gasteiger partial charge >= 0.3 is 0 Å². The van der Waals surface area contributed by atoms with Gasteiger partial charge in [-0.3, -0.25) is 4.79 Å². The number of nitrogens with zero attached hydrogens (tertiary/aromatic N) is 1. The van der Waals surface area contributed by atoms with Crippen molar-refractivity contribution in [3.05, 3.63) is 53.6 Å². The van der Waals surface area contributed by atoms with E-state index in [-0.39, 0.29) is 5.91 Å². The van der Waals surface area contributed by atoms with Crippen molar-refractivity contribution < 1.29 is 19.0 Å². The molecule has 0 spiro atoms. The van der Waals surface area contributed by atoms with Crippen LogP contribution >= 0.6 is 0 Å². The normalized spacial score (nSPS) is 10.7. The second kappa shape index (κ2) is 11.6. The highest BCUT2D eigenvalue weighted by molar-refractivity contribution is 5.95. The molecular formula is C22H28N2O4. The maximum absolute atomic E-state index is 12.2. The largest absolute Gasteiger partial charge is 0.494 e. The van der Waals surface area contributed by atoms with Gasteiger partial charge in [-0.05, 0) is 54.4 Å². The fourth-order valence-electron chi connectivity index (χ4n) is 2.58. The number of carbonyl (C=O) groups is 1. The van der Waals surface area contributed by atoms with Crippen LogP contribution in [0.4, 0.5) is 0 Å². The highest BCUT2D eigenvalue weighted by Crippen LogP contribution is 2.26. The van der Waals surface area contributed by atoms with Crippen molar-refractivity contribution in [1.82, 2.24) is 5.43 Å². The van der Waals surface area contributed by atoms with E-state index in [2.05, 4.69) is 17.5 Å². The molecule has 2 rings (SSSR count). The third-order valence-electron chi connectivity index (χ3n) is 4.17. The zero-order chi connectivity index (χ0) is 20.2. The average molecular weight is 384 g/mol. The van der Waals surface area contributed by atoms with E-state index in [4.69, 9.17) is 14.2 Å². The minimum atomic E-state index is -0.286. The molecule has 0 aliphatic rings. The van der Waals surface area contributed by atoms with Crippen LogP contribution < -0.4 is 19.6 Å². The number of carbonyl (C=O) groups excluding carboxylic acids is 1. The Morgan fingerprint density at radius 1 is 1.00 bits per heavy atom. The van der Waals surface area contributed by atoms with E-state index in [1.165, 1.54) is 19.3 Å². The number of hydrazone groups is 1. The Morgan fingerprint density at radius 3 is 2.43 bits per heavy atom. The van der Waals surface area contributed by atoms with Gasteiger partial charge in [0.1, 0.15) is 5.75 Å². The fourth-order valence-corrected chi connectivity index (χ4v) is 2.58. The van der Waals surface area contributed by atoms with Crippen LogP contribution in [-0.4, -0.2) is 32.9 Å². The number of benzene rings is 2. The molecule has 28 heavy (non-hydrogen) atoms. The summed E-state index contributed by atoms with van der Waals surface area (Å²) in [5, 5.41) is 4.00. The van der Waals surface area contributed by atoms with E-state index in [9.17, 15) is 4.79 Å². The summed E-state index contributed by atoms with van der Waals surface area (Å²) in [5.74, 6) is 1.72. The Bertz CT molecular complexity index is 773. The van der Waals surface area contributed by atoms with Gasteiger partial charge in [-0.1, -0.05) is 26.2 Å². The van der Waals surface area contributed by atoms with Crippen molar-refractivity contribution in [3.63, 3.8) is 0 Å². The molecule has 0 aliphatic heterocycles. The monoisotopic (exact) mass is 384 g/mol. The molecule has 2 aromatic rings. The van der Waals surface area contributed by atoms with Gasteiger partial charge in [-0.2, -0.15) is 5.10 Å². The second-order valence-electron chi connectivity index (χ2n) is 6.25. The Hall–Kier alpha value is -3.02. The topological polar surface area (TPSA) is 69.2 Å². The molecule has 0 unspecified atom stereocenters. The van der Waals surface area contributed by atoms with Crippen LogP contribution in [-0.2, 0) is 0 Å². The predicted molar refractivity (Wildman–Crippen MR) is 111 cm³/mol. The third kappa shape index (κ3) is 6.61. The minimum Gasteiger partial charge on any atom is -0.494 e. The summed E-state index contributed by atoms with van der Waals surface area (Å²) >= 11 is 0. The first kappa shape index (κ1) is 21.3. The van der Waals surface area contributed by atoms with E-state index in [1.807, 2.05) is 6.07 Å². The molecule has 0 radical (unpaired) electrons. The Morgan fingerprint density at radius 2 is 1.75 bits per heavy atom. The summed E-state index contributed by atoms with van der Waals surface area (Å²) in [5.41, 5.74) is 3.82. The summed E-state index contributed by atoms with van der Waals surface area (Å²) in [6.45, 7) is 2.88. The van der Waals surface area contributed by atoms with E-state index in [0.717, 1.165) is 17.7 Å². The molecule has 0 aliphatic carbocycles. The molecule has 1 amide bonds. The number of ether oxygens (including phenoxy) is 3. The van der Waals surface area contributed by atoms with Gasteiger partial charge in [0.25, 0.3) is 5.91 Å². The standard InChI is InChI=1S/C22H28N2O4/c1-4-5-6-7-14-28-19-11-9-18(10-12-19)22(25)24-23-16-17-8-13-20(26-2)21(15-17)27-3/h8-13,15-16H,4-7,14H2,1-3H3,(H,24,25)/b23-16-. The lowest BCUT2D eigenvalue weighted by Gasteiger charge is -2.07. The number of unbranched alkanes of at least 4 members (excludes halogenated alkanes) is 3. The number of nitrogens with one attached hydrogen (secondary N) is 1. The van der Waals surface area contributed by atoms with E-state index in [1.54, 1.807) is 56.8 Å². The zero-order valence-corrected chi connectivity index (χ0v) is 16.7. The first-order valence-corrected chi connectivity index (χ1v) is 9.46. The molecule has 150 valence electrons. The van der Waals surface area contributed by atoms with Gasteiger partial charge in [0.2, 0.25) is 0 Å². The molecule has 0 aromatic heterocycles. The maximum atomic E-state index is 12.2. The lowest BCUT2D eigenvalue weighted by Crippen LogP contribution is -2.17. The number of amides is 1. The molecule has 0 heterocycles. The van der Waals surface area contributed by atoms with Crippen molar-refractivity contribution in [1.29, 1.82) is 0 Å². The maximum Gasteiger partial charge on any atom is 0.271 e. The molecule has 0 fully saturated rings. The van der Waals surface area contributed by atoms with E-state index < -0.39 is 0 Å². The quantitative estimate of drug-likeness (QED) is 0.354. The summed E-state index contributed by atoms with van der Waals surface area (Å²) < 4.78 is 16.1. The van der Waals surface area contributed by atoms with Crippen LogP contribution in [0.2, 0.25) is 0 Å². The van der Waals surface area contributed by atoms with Crippen LogP contribution in [0.25, 0.3) is 0 Å². The van der Waals surface area contributed by atoms with Crippen molar-refractivity contribution in [2.75, 3.05) is 20.8 Å². The van der Waals surface area contributed by atoms with Crippen LogP contribution in [0.5, 0.6) is 17.2 Å². The lowest BCUT2D eigenvalue weighted by molar-refractivity contribution is 0.0955. The Balaban J connectivity index is 1.85. The molecule has 0 bridgehead atoms. The summed E-state index contributed by atoms with van der Waals surface area (Å²) in [7, 11) is 3.15. The fraction of sp³-hybridized carbons (Fsp3) is 0.364. The average Bonchev–Trinajstić information content (AvgIpc) is 2.73. The minimum absolute atomic E-state index is 0.286. The van der Waals surface area contributed by atoms with Crippen LogP contribution in [0.15, 0.2) is 47.6 Å². The van der Waals surface area contributed by atoms with E-state index in [0.29, 0.717) is 23.7 Å². The molecule has 6 nitrogen and oxygen atoms in total. The highest BCUT2D eigenvalue weighted by Gasteiger charge is 2.05. The lowest BCUT2D eigenvalue weighted by atomic mass is 10.2. The number of hydrogen-bond acceptors (Lipinski definition) is 5. The van der Waals surface area contributed by atoms with Crippen molar-refractivity contribution in [3.8, 4) is 17.2 Å². The highest BCUT2D eigenvalue weighted by atomic mass is 16.5. The molecule has 1 N–H and O–H groups in total. The predicted octanol–water partition coefficient (Wildman–Crippen LogP) is 4.43. The van der Waals surface area contributed by atoms with Crippen molar-refractivity contribution in [2.45, 2.75) is 32.6 Å². The molecular weight excluding hydrogens is 356 g/mol. The third-order valence-corrected chi connectivity index (χ3v) is 4.17. The van der Waals surface area contributed by atoms with Crippen molar-refractivity contribution in [2.24, 2.45) is 5.10 Å². The molecule has 0 atom stereocenters. The van der Waals surface area contributed by atoms with Crippen LogP contribution in [0, 0.1) is 0 Å². The van der Waals surface area contributed by atoms with Crippen LogP contribution in [0.1, 0.15) is 48.5 Å². The smallest absolute Gasteiger partial charge is 0.271 e. The van der Waals surface area contributed by atoms with Gasteiger partial charge in [0, 0.05) is 5.56 Å². The first-order chi connectivity index (χ1) is 13.7. The first-order valence-electron chi connectivity index (χ1n) is 9.46. The Kier molecular flexibility index (Phi) is 8.85. The number of methoxy groups -OCH3 is 2. The number of hydrogen-bond donors (Lipinski definition) is 1. The SMILES string of the molecule is CCCCCCOc1ccc(C(=O)N/N=C\c2ccc(OC)c(OC)c2)cc1. The molecule has 0 saturated carbocycles. The molecule has 2 aromatic carbocycles. The van der Waals surface area contributed by atoms with Gasteiger partial charge in [-0.25, -0.2) is 5.43 Å². The van der Waals surface area contributed by atoms with Crippen LogP contribution in [0.3, 0.4) is 0 Å². The number of rotatable bonds is 11. The second-order valence-corrected chi connectivity index (χ2v) is 6.25. The summed E-state index contributed by atoms with van der Waals surface area (Å²) in [4.78, 5) is 12.2. The molecule has 0 saturated heterocycles. The van der Waals surface area contributed by atoms with Gasteiger partial charge in [0.15, 0.2) is 11.5 Å². The summed E-state index contributed by atoms with van der Waals surface area (Å²) in [6, 6.07) is 12.4. The van der Waals surface area contributed by atoms with Gasteiger partial charge in [0.05, 0.1) is 27.0 Å². The van der Waals surface area contributed by atoms with Crippen molar-refractivity contribution >= 4 is 12.1 Å². The van der Waals surface area contributed by atoms with Gasteiger partial charge in [-0.15, -0.1) is 0 Å². The van der Waals surface area contributed by atoms with E-state index >= 15 is 0 Å². The zero-order valence-electron chi connectivity index (χ0n) is 16.7. The Labute approximate surface area is 166 Å². The van der Waals surface area contributed by atoms with Gasteiger partial charge < -0.3 is 14.2 Å².